The fourth-order valence-electron chi connectivity index (χ4n) is 1.91. The monoisotopic (exact) mass is 315 g/mol. The van der Waals surface area contributed by atoms with E-state index in [1.807, 2.05) is 20.8 Å². The smallest absolute Gasteiger partial charge is 0.340 e. The van der Waals surface area contributed by atoms with Gasteiger partial charge in [-0.1, -0.05) is 0 Å². The number of halogens is 4. The molecule has 3 nitrogen and oxygen atoms in total. The lowest BCUT2D eigenvalue weighted by molar-refractivity contribution is -0.137. The molecular weight excluding hydrogens is 303 g/mol. The molecule has 1 heterocycles. The summed E-state index contributed by atoms with van der Waals surface area (Å²) in [6, 6.07) is 3.52. The van der Waals surface area contributed by atoms with Gasteiger partial charge >= 0.3 is 6.18 Å². The maximum atomic E-state index is 12.9. The molecule has 2 aromatic rings. The Kier molecular flexibility index (Phi) is 4.09. The first-order chi connectivity index (χ1) is 9.68. The molecule has 0 spiro atoms. The van der Waals surface area contributed by atoms with Gasteiger partial charge in [-0.05, 0) is 61.2 Å². The van der Waals surface area contributed by atoms with E-state index in [1.165, 1.54) is 0 Å². The van der Waals surface area contributed by atoms with Crippen molar-refractivity contribution < 1.29 is 13.2 Å². The van der Waals surface area contributed by atoms with Gasteiger partial charge in [-0.3, -0.25) is 0 Å². The number of nitrogens with zero attached hydrogens (tertiary/aromatic N) is 2. The van der Waals surface area contributed by atoms with Gasteiger partial charge in [-0.25, -0.2) is 4.98 Å². The van der Waals surface area contributed by atoms with E-state index in [0.717, 1.165) is 16.7 Å². The third-order valence-corrected chi connectivity index (χ3v) is 3.44. The summed E-state index contributed by atoms with van der Waals surface area (Å²) in [6.07, 6.45) is -3.88. The number of aryl methyl sites for hydroxylation is 2. The molecule has 0 amide bonds. The van der Waals surface area contributed by atoms with Crippen molar-refractivity contribution in [2.24, 2.45) is 0 Å². The van der Waals surface area contributed by atoms with Gasteiger partial charge in [0, 0.05) is 11.9 Å². The molecule has 7 heteroatoms. The zero-order valence-corrected chi connectivity index (χ0v) is 12.4. The lowest BCUT2D eigenvalue weighted by atomic mass is 10.0. The second-order valence-electron chi connectivity index (χ2n) is 4.76. The molecular formula is C14H13ClF3N3. The molecule has 1 N–H and O–H groups in total. The normalized spacial score (nSPS) is 11.6. The largest absolute Gasteiger partial charge is 0.421 e. The summed E-state index contributed by atoms with van der Waals surface area (Å²) in [5, 5.41) is 2.43. The summed E-state index contributed by atoms with van der Waals surface area (Å²) in [4.78, 5) is 7.03. The Morgan fingerprint density at radius 2 is 1.67 bits per heavy atom. The first-order valence-electron chi connectivity index (χ1n) is 6.13. The van der Waals surface area contributed by atoms with Crippen LogP contribution in [0.3, 0.4) is 0 Å². The number of aromatic nitrogens is 2. The Bertz CT molecular complexity index is 661. The minimum atomic E-state index is -4.55. The maximum absolute atomic E-state index is 12.9. The number of hydrogen-bond donors (Lipinski definition) is 1. The number of hydrogen-bond acceptors (Lipinski definition) is 3. The molecule has 0 bridgehead atoms. The van der Waals surface area contributed by atoms with Crippen LogP contribution >= 0.6 is 11.6 Å². The average Bonchev–Trinajstić information content (AvgIpc) is 2.34. The van der Waals surface area contributed by atoms with Gasteiger partial charge < -0.3 is 5.32 Å². The molecule has 1 aromatic heterocycles. The van der Waals surface area contributed by atoms with E-state index in [-0.39, 0.29) is 11.1 Å². The van der Waals surface area contributed by atoms with Crippen LogP contribution in [0.2, 0.25) is 5.28 Å². The van der Waals surface area contributed by atoms with Crippen molar-refractivity contribution in [3.8, 4) is 0 Å². The first kappa shape index (κ1) is 15.6. The summed E-state index contributed by atoms with van der Waals surface area (Å²) in [5.74, 6) is -0.356. The fourth-order valence-corrected chi connectivity index (χ4v) is 2.04. The molecule has 0 saturated carbocycles. The van der Waals surface area contributed by atoms with Gasteiger partial charge in [0.25, 0.3) is 0 Å². The Hall–Kier alpha value is -1.82. The van der Waals surface area contributed by atoms with Gasteiger partial charge in [0.1, 0.15) is 11.4 Å². The zero-order chi connectivity index (χ0) is 15.8. The molecule has 112 valence electrons. The molecule has 0 unspecified atom stereocenters. The number of alkyl halides is 3. The average molecular weight is 316 g/mol. The highest BCUT2D eigenvalue weighted by Gasteiger charge is 2.35. The quantitative estimate of drug-likeness (QED) is 0.808. The maximum Gasteiger partial charge on any atom is 0.421 e. The number of anilines is 2. The third kappa shape index (κ3) is 3.44. The van der Waals surface area contributed by atoms with Crippen molar-refractivity contribution in [1.82, 2.24) is 9.97 Å². The van der Waals surface area contributed by atoms with Crippen LogP contribution in [-0.4, -0.2) is 9.97 Å². The second kappa shape index (κ2) is 5.52. The number of nitrogens with one attached hydrogen (secondary N) is 1. The lowest BCUT2D eigenvalue weighted by Crippen LogP contribution is -2.11. The van der Waals surface area contributed by atoms with E-state index in [0.29, 0.717) is 11.9 Å². The van der Waals surface area contributed by atoms with E-state index in [9.17, 15) is 13.2 Å². The summed E-state index contributed by atoms with van der Waals surface area (Å²) in [7, 11) is 0. The highest BCUT2D eigenvalue weighted by molar-refractivity contribution is 6.28. The SMILES string of the molecule is Cc1cc(Nc2nc(Cl)ncc2C(F)(F)F)cc(C)c1C. The number of benzene rings is 1. The number of rotatable bonds is 2. The zero-order valence-electron chi connectivity index (χ0n) is 11.6. The molecule has 0 radical (unpaired) electrons. The van der Waals surface area contributed by atoms with E-state index >= 15 is 0 Å². The molecule has 0 saturated heterocycles. The molecule has 0 aliphatic heterocycles. The Morgan fingerprint density at radius 1 is 1.10 bits per heavy atom. The fraction of sp³-hybridized carbons (Fsp3) is 0.286. The third-order valence-electron chi connectivity index (χ3n) is 3.25. The van der Waals surface area contributed by atoms with Crippen LogP contribution < -0.4 is 5.32 Å². The Morgan fingerprint density at radius 3 is 2.19 bits per heavy atom. The van der Waals surface area contributed by atoms with Crippen molar-refractivity contribution in [3.05, 3.63) is 45.9 Å². The second-order valence-corrected chi connectivity index (χ2v) is 5.10. The molecule has 0 atom stereocenters. The molecule has 0 aliphatic rings. The van der Waals surface area contributed by atoms with Crippen LogP contribution in [0.4, 0.5) is 24.7 Å². The van der Waals surface area contributed by atoms with Gasteiger partial charge in [0.2, 0.25) is 5.28 Å². The van der Waals surface area contributed by atoms with Crippen LogP contribution in [0.25, 0.3) is 0 Å². The molecule has 0 fully saturated rings. The van der Waals surface area contributed by atoms with Crippen LogP contribution in [0.15, 0.2) is 18.3 Å². The van der Waals surface area contributed by atoms with E-state index in [4.69, 9.17) is 11.6 Å². The van der Waals surface area contributed by atoms with E-state index in [1.54, 1.807) is 12.1 Å². The van der Waals surface area contributed by atoms with Gasteiger partial charge in [-0.15, -0.1) is 0 Å². The van der Waals surface area contributed by atoms with Gasteiger partial charge in [-0.2, -0.15) is 18.2 Å². The summed E-state index contributed by atoms with van der Waals surface area (Å²) < 4.78 is 38.8. The molecule has 2 rings (SSSR count). The highest BCUT2D eigenvalue weighted by Crippen LogP contribution is 2.35. The molecule has 1 aromatic carbocycles. The van der Waals surface area contributed by atoms with Gasteiger partial charge in [0.05, 0.1) is 0 Å². The van der Waals surface area contributed by atoms with Crippen LogP contribution in [0.1, 0.15) is 22.3 Å². The van der Waals surface area contributed by atoms with Crippen molar-refractivity contribution in [2.45, 2.75) is 26.9 Å². The van der Waals surface area contributed by atoms with Crippen molar-refractivity contribution >= 4 is 23.1 Å². The Labute approximate surface area is 125 Å². The standard InChI is InChI=1S/C14H13ClF3N3/c1-7-4-10(5-8(2)9(7)3)20-12-11(14(16,17)18)6-19-13(15)21-12/h4-6H,1-3H3,(H,19,20,21). The van der Waals surface area contributed by atoms with Crippen molar-refractivity contribution in [1.29, 1.82) is 0 Å². The molecule has 0 aliphatic carbocycles. The van der Waals surface area contributed by atoms with Crippen molar-refractivity contribution in [2.75, 3.05) is 5.32 Å². The van der Waals surface area contributed by atoms with Crippen LogP contribution in [0.5, 0.6) is 0 Å². The van der Waals surface area contributed by atoms with Crippen LogP contribution in [-0.2, 0) is 6.18 Å². The summed E-state index contributed by atoms with van der Waals surface area (Å²) in [6.45, 7) is 5.74. The highest BCUT2D eigenvalue weighted by atomic mass is 35.5. The van der Waals surface area contributed by atoms with E-state index < -0.39 is 11.7 Å². The van der Waals surface area contributed by atoms with Gasteiger partial charge in [0.15, 0.2) is 0 Å². The predicted octanol–water partition coefficient (Wildman–Crippen LogP) is 4.82. The lowest BCUT2D eigenvalue weighted by Gasteiger charge is -2.15. The minimum absolute atomic E-state index is 0.244. The predicted molar refractivity (Wildman–Crippen MR) is 76.0 cm³/mol. The summed E-state index contributed by atoms with van der Waals surface area (Å²) in [5.41, 5.74) is 2.62. The topological polar surface area (TPSA) is 37.8 Å². The van der Waals surface area contributed by atoms with Crippen molar-refractivity contribution in [3.63, 3.8) is 0 Å². The minimum Gasteiger partial charge on any atom is -0.340 e. The summed E-state index contributed by atoms with van der Waals surface area (Å²) >= 11 is 5.59. The van der Waals surface area contributed by atoms with Crippen LogP contribution in [0, 0.1) is 20.8 Å². The van der Waals surface area contributed by atoms with E-state index in [2.05, 4.69) is 15.3 Å². The molecule has 21 heavy (non-hydrogen) atoms. The Balaban J connectivity index is 2.46. The first-order valence-corrected chi connectivity index (χ1v) is 6.51.